The zero-order chi connectivity index (χ0) is 19.4. The van der Waals surface area contributed by atoms with Crippen molar-refractivity contribution >= 4 is 29.0 Å². The molecule has 1 aliphatic heterocycles. The molecular weight excluding hydrogens is 358 g/mol. The molecule has 2 amide bonds. The topological polar surface area (TPSA) is 46.6 Å². The smallest absolute Gasteiger partial charge is 0.293 e. The van der Waals surface area contributed by atoms with Crippen LogP contribution >= 0.6 is 11.8 Å². The second-order valence-corrected chi connectivity index (χ2v) is 7.65. The lowest BCUT2D eigenvalue weighted by Crippen LogP contribution is -2.27. The van der Waals surface area contributed by atoms with Crippen LogP contribution in [0.1, 0.15) is 37.0 Å². The van der Waals surface area contributed by atoms with E-state index in [0.29, 0.717) is 11.4 Å². The molecule has 1 unspecified atom stereocenters. The highest BCUT2D eigenvalue weighted by molar-refractivity contribution is 8.18. The Kier molecular flexibility index (Phi) is 6.01. The molecular formula is C22H23NO3S. The molecule has 0 bridgehead atoms. The van der Waals surface area contributed by atoms with E-state index in [1.165, 1.54) is 4.90 Å². The molecule has 0 spiro atoms. The highest BCUT2D eigenvalue weighted by Gasteiger charge is 2.34. The molecule has 2 aromatic carbocycles. The number of nitrogens with zero attached hydrogens (tertiary/aromatic N) is 1. The normalized spacial score (nSPS) is 16.9. The summed E-state index contributed by atoms with van der Waals surface area (Å²) in [5, 5.41) is -0.233. The standard InChI is InChI=1S/C22H23NO3S/c1-4-16(3)26-19-11-9-17(10-12-19)13-20-21(24)23(22(25)27-20)14-18-7-5-15(2)6-8-18/h5-13,16H,4,14H2,1-3H3/b20-13-. The van der Waals surface area contributed by atoms with Crippen LogP contribution in [-0.2, 0) is 11.3 Å². The summed E-state index contributed by atoms with van der Waals surface area (Å²) in [5.41, 5.74) is 2.96. The van der Waals surface area contributed by atoms with Gasteiger partial charge in [-0.2, -0.15) is 0 Å². The number of rotatable bonds is 6. The zero-order valence-corrected chi connectivity index (χ0v) is 16.6. The van der Waals surface area contributed by atoms with Crippen LogP contribution in [0.25, 0.3) is 6.08 Å². The van der Waals surface area contributed by atoms with Crippen LogP contribution in [0.3, 0.4) is 0 Å². The van der Waals surface area contributed by atoms with E-state index in [4.69, 9.17) is 4.74 Å². The number of aryl methyl sites for hydroxylation is 1. The van der Waals surface area contributed by atoms with E-state index in [1.807, 2.05) is 62.4 Å². The molecule has 2 aromatic rings. The van der Waals surface area contributed by atoms with Crippen LogP contribution in [-0.4, -0.2) is 22.2 Å². The molecule has 1 heterocycles. The van der Waals surface area contributed by atoms with Crippen molar-refractivity contribution in [3.05, 3.63) is 70.1 Å². The maximum Gasteiger partial charge on any atom is 0.293 e. The molecule has 5 heteroatoms. The van der Waals surface area contributed by atoms with Crippen LogP contribution in [0, 0.1) is 6.92 Å². The lowest BCUT2D eigenvalue weighted by atomic mass is 10.1. The third kappa shape index (κ3) is 4.80. The van der Waals surface area contributed by atoms with E-state index in [9.17, 15) is 9.59 Å². The Labute approximate surface area is 164 Å². The Morgan fingerprint density at radius 1 is 1.07 bits per heavy atom. The van der Waals surface area contributed by atoms with Crippen molar-refractivity contribution < 1.29 is 14.3 Å². The summed E-state index contributed by atoms with van der Waals surface area (Å²) < 4.78 is 5.76. The first kappa shape index (κ1) is 19.2. The van der Waals surface area contributed by atoms with Gasteiger partial charge in [-0.05, 0) is 61.4 Å². The van der Waals surface area contributed by atoms with Crippen molar-refractivity contribution in [1.29, 1.82) is 0 Å². The van der Waals surface area contributed by atoms with E-state index in [1.54, 1.807) is 6.08 Å². The number of benzene rings is 2. The first-order valence-corrected chi connectivity index (χ1v) is 9.85. The van der Waals surface area contributed by atoms with Crippen molar-refractivity contribution in [3.63, 3.8) is 0 Å². The van der Waals surface area contributed by atoms with Gasteiger partial charge in [-0.25, -0.2) is 0 Å². The number of thioether (sulfide) groups is 1. The first-order valence-electron chi connectivity index (χ1n) is 9.04. The van der Waals surface area contributed by atoms with Crippen molar-refractivity contribution in [3.8, 4) is 5.75 Å². The van der Waals surface area contributed by atoms with E-state index in [2.05, 4.69) is 6.92 Å². The van der Waals surface area contributed by atoms with Crippen LogP contribution in [0.4, 0.5) is 4.79 Å². The van der Waals surface area contributed by atoms with Gasteiger partial charge in [0.05, 0.1) is 17.6 Å². The summed E-state index contributed by atoms with van der Waals surface area (Å²) in [6.07, 6.45) is 2.86. The van der Waals surface area contributed by atoms with Gasteiger partial charge >= 0.3 is 0 Å². The molecule has 140 valence electrons. The van der Waals surface area contributed by atoms with Crippen molar-refractivity contribution in [2.45, 2.75) is 39.8 Å². The molecule has 0 radical (unpaired) electrons. The van der Waals surface area contributed by atoms with Crippen LogP contribution < -0.4 is 4.74 Å². The average Bonchev–Trinajstić information content (AvgIpc) is 2.92. The lowest BCUT2D eigenvalue weighted by molar-refractivity contribution is -0.123. The van der Waals surface area contributed by atoms with Gasteiger partial charge in [-0.15, -0.1) is 0 Å². The Morgan fingerprint density at radius 3 is 2.37 bits per heavy atom. The molecule has 1 aliphatic rings. The van der Waals surface area contributed by atoms with Crippen molar-refractivity contribution in [2.75, 3.05) is 0 Å². The molecule has 1 fully saturated rings. The summed E-state index contributed by atoms with van der Waals surface area (Å²) in [7, 11) is 0. The quantitative estimate of drug-likeness (QED) is 0.628. The largest absolute Gasteiger partial charge is 0.491 e. The molecule has 1 atom stereocenters. The molecule has 1 saturated heterocycles. The fourth-order valence-electron chi connectivity index (χ4n) is 2.62. The summed E-state index contributed by atoms with van der Waals surface area (Å²) in [5.74, 6) is 0.555. The summed E-state index contributed by atoms with van der Waals surface area (Å²) in [6.45, 7) is 6.40. The van der Waals surface area contributed by atoms with Gasteiger partial charge in [0.2, 0.25) is 0 Å². The maximum absolute atomic E-state index is 12.6. The molecule has 3 rings (SSSR count). The van der Waals surface area contributed by atoms with Gasteiger partial charge in [0.1, 0.15) is 5.75 Å². The van der Waals surface area contributed by atoms with E-state index < -0.39 is 0 Å². The minimum absolute atomic E-state index is 0.161. The lowest BCUT2D eigenvalue weighted by Gasteiger charge is -2.13. The number of ether oxygens (including phenoxy) is 1. The molecule has 0 N–H and O–H groups in total. The Bertz CT molecular complexity index is 856. The number of imide groups is 1. The Hall–Kier alpha value is -2.53. The third-order valence-corrected chi connectivity index (χ3v) is 5.33. The van der Waals surface area contributed by atoms with Crippen LogP contribution in [0.5, 0.6) is 5.75 Å². The summed E-state index contributed by atoms with van der Waals surface area (Å²) >= 11 is 0.985. The van der Waals surface area contributed by atoms with E-state index in [-0.39, 0.29) is 17.3 Å². The van der Waals surface area contributed by atoms with Crippen molar-refractivity contribution in [2.24, 2.45) is 0 Å². The third-order valence-electron chi connectivity index (χ3n) is 4.42. The van der Waals surface area contributed by atoms with Gasteiger partial charge in [0.25, 0.3) is 11.1 Å². The first-order chi connectivity index (χ1) is 13.0. The second kappa shape index (κ2) is 8.44. The van der Waals surface area contributed by atoms with Gasteiger partial charge in [0.15, 0.2) is 0 Å². The molecule has 0 aromatic heterocycles. The Balaban J connectivity index is 1.71. The van der Waals surface area contributed by atoms with Gasteiger partial charge in [0, 0.05) is 0 Å². The highest BCUT2D eigenvalue weighted by atomic mass is 32.2. The monoisotopic (exact) mass is 381 g/mol. The van der Waals surface area contributed by atoms with Crippen LogP contribution in [0.2, 0.25) is 0 Å². The fourth-order valence-corrected chi connectivity index (χ4v) is 3.46. The highest BCUT2D eigenvalue weighted by Crippen LogP contribution is 2.33. The number of amides is 2. The maximum atomic E-state index is 12.6. The van der Waals surface area contributed by atoms with Crippen molar-refractivity contribution in [1.82, 2.24) is 4.90 Å². The number of carbonyl (C=O) groups is 2. The molecule has 4 nitrogen and oxygen atoms in total. The molecule has 27 heavy (non-hydrogen) atoms. The summed E-state index contributed by atoms with van der Waals surface area (Å²) in [4.78, 5) is 26.6. The van der Waals surface area contributed by atoms with E-state index in [0.717, 1.165) is 40.6 Å². The average molecular weight is 381 g/mol. The van der Waals surface area contributed by atoms with Gasteiger partial charge in [-0.3, -0.25) is 14.5 Å². The summed E-state index contributed by atoms with van der Waals surface area (Å²) in [6, 6.07) is 15.4. The predicted octanol–water partition coefficient (Wildman–Crippen LogP) is 5.41. The molecule has 0 aliphatic carbocycles. The number of hydrogen-bond donors (Lipinski definition) is 0. The van der Waals surface area contributed by atoms with Gasteiger partial charge < -0.3 is 4.74 Å². The minimum Gasteiger partial charge on any atom is -0.491 e. The SMILES string of the molecule is CCC(C)Oc1ccc(/C=C2\SC(=O)N(Cc3ccc(C)cc3)C2=O)cc1. The Morgan fingerprint density at radius 2 is 1.74 bits per heavy atom. The van der Waals surface area contributed by atoms with Gasteiger partial charge in [-0.1, -0.05) is 48.9 Å². The van der Waals surface area contributed by atoms with E-state index >= 15 is 0 Å². The van der Waals surface area contributed by atoms with Crippen LogP contribution in [0.15, 0.2) is 53.4 Å². The predicted molar refractivity (Wildman–Crippen MR) is 110 cm³/mol. The number of hydrogen-bond acceptors (Lipinski definition) is 4. The second-order valence-electron chi connectivity index (χ2n) is 6.66. The minimum atomic E-state index is -0.245. The zero-order valence-electron chi connectivity index (χ0n) is 15.8. The fraction of sp³-hybridized carbons (Fsp3) is 0.273. The molecule has 0 saturated carbocycles. The number of carbonyl (C=O) groups excluding carboxylic acids is 2.